The molecular formula is C31H34BrN3O4. The van der Waals surface area contributed by atoms with Crippen LogP contribution < -0.4 is 15.5 Å². The van der Waals surface area contributed by atoms with Crippen molar-refractivity contribution >= 4 is 45.2 Å². The molecular weight excluding hydrogens is 558 g/mol. The minimum atomic E-state index is -0.964. The lowest BCUT2D eigenvalue weighted by Crippen LogP contribution is -2.34. The van der Waals surface area contributed by atoms with Crippen LogP contribution in [-0.4, -0.2) is 29.6 Å². The van der Waals surface area contributed by atoms with Gasteiger partial charge in [0.1, 0.15) is 0 Å². The average Bonchev–Trinajstić information content (AvgIpc) is 2.94. The van der Waals surface area contributed by atoms with Crippen LogP contribution in [0.5, 0.6) is 0 Å². The summed E-state index contributed by atoms with van der Waals surface area (Å²) in [6, 6.07) is 20.7. The molecule has 3 N–H and O–H groups in total. The van der Waals surface area contributed by atoms with Crippen LogP contribution in [0.1, 0.15) is 71.5 Å². The molecule has 0 heterocycles. The van der Waals surface area contributed by atoms with Crippen LogP contribution >= 0.6 is 15.9 Å². The maximum Gasteiger partial charge on any atom is 0.326 e. The van der Waals surface area contributed by atoms with Crippen molar-refractivity contribution in [3.8, 4) is 0 Å². The Morgan fingerprint density at radius 2 is 1.64 bits per heavy atom. The van der Waals surface area contributed by atoms with E-state index in [1.54, 1.807) is 17.0 Å². The average molecular weight is 593 g/mol. The summed E-state index contributed by atoms with van der Waals surface area (Å²) in [4.78, 5) is 38.2. The first-order valence-electron chi connectivity index (χ1n) is 13.3. The third kappa shape index (κ3) is 7.93. The molecule has 0 unspecified atom stereocenters. The fourth-order valence-electron chi connectivity index (χ4n) is 4.83. The molecule has 3 aromatic carbocycles. The molecule has 3 amide bonds. The first-order valence-corrected chi connectivity index (χ1v) is 14.1. The predicted molar refractivity (Wildman–Crippen MR) is 157 cm³/mol. The Morgan fingerprint density at radius 1 is 0.949 bits per heavy atom. The Balaban J connectivity index is 1.52. The standard InChI is InChI=1S/C31H34BrN3O4/c1-21-7-14-26(19-28(21)32)34-31(39)35(27-15-12-24(13-16-27)23-5-3-2-4-6-23)20-22-8-10-25(11-9-22)30(38)33-18-17-29(36)37/h7-16,19,23H,2-6,17-18,20H2,1H3,(H,33,38)(H,34,39)(H,36,37). The number of urea groups is 1. The molecule has 0 aliphatic heterocycles. The van der Waals surface area contributed by atoms with Crippen molar-refractivity contribution in [3.63, 3.8) is 0 Å². The van der Waals surface area contributed by atoms with E-state index in [-0.39, 0.29) is 24.9 Å². The van der Waals surface area contributed by atoms with Gasteiger partial charge in [0, 0.05) is 28.0 Å². The summed E-state index contributed by atoms with van der Waals surface area (Å²) in [5.41, 5.74) is 5.16. The lowest BCUT2D eigenvalue weighted by Gasteiger charge is -2.26. The lowest BCUT2D eigenvalue weighted by atomic mass is 9.84. The van der Waals surface area contributed by atoms with Crippen molar-refractivity contribution in [3.05, 3.63) is 93.5 Å². The van der Waals surface area contributed by atoms with Gasteiger partial charge in [0.25, 0.3) is 5.91 Å². The highest BCUT2D eigenvalue weighted by molar-refractivity contribution is 9.10. The lowest BCUT2D eigenvalue weighted by molar-refractivity contribution is -0.136. The first-order chi connectivity index (χ1) is 18.8. The van der Waals surface area contributed by atoms with E-state index < -0.39 is 5.97 Å². The molecule has 7 nitrogen and oxygen atoms in total. The molecule has 0 radical (unpaired) electrons. The van der Waals surface area contributed by atoms with Gasteiger partial charge in [-0.25, -0.2) is 4.79 Å². The van der Waals surface area contributed by atoms with Crippen molar-refractivity contribution in [1.82, 2.24) is 5.32 Å². The number of hydrogen-bond acceptors (Lipinski definition) is 3. The SMILES string of the molecule is Cc1ccc(NC(=O)N(Cc2ccc(C(=O)NCCC(=O)O)cc2)c2ccc(C3CCCCC3)cc2)cc1Br. The third-order valence-corrected chi connectivity index (χ3v) is 7.99. The quantitative estimate of drug-likeness (QED) is 0.244. The number of anilines is 2. The van der Waals surface area contributed by atoms with E-state index in [1.807, 2.05) is 49.4 Å². The Bertz CT molecular complexity index is 1300. The molecule has 0 aromatic heterocycles. The van der Waals surface area contributed by atoms with Crippen LogP contribution in [0, 0.1) is 6.92 Å². The van der Waals surface area contributed by atoms with Crippen molar-refractivity contribution in [2.24, 2.45) is 0 Å². The number of halogens is 1. The topological polar surface area (TPSA) is 98.7 Å². The summed E-state index contributed by atoms with van der Waals surface area (Å²) in [6.45, 7) is 2.37. The molecule has 1 aliphatic carbocycles. The summed E-state index contributed by atoms with van der Waals surface area (Å²) in [6.07, 6.45) is 6.12. The fourth-order valence-corrected chi connectivity index (χ4v) is 5.21. The molecule has 1 fully saturated rings. The zero-order valence-electron chi connectivity index (χ0n) is 22.1. The van der Waals surface area contributed by atoms with E-state index in [1.165, 1.54) is 37.7 Å². The van der Waals surface area contributed by atoms with Gasteiger partial charge in [-0.1, -0.05) is 65.5 Å². The summed E-state index contributed by atoms with van der Waals surface area (Å²) >= 11 is 3.53. The largest absolute Gasteiger partial charge is 0.481 e. The highest BCUT2D eigenvalue weighted by Crippen LogP contribution is 2.33. The van der Waals surface area contributed by atoms with Gasteiger partial charge in [0.2, 0.25) is 0 Å². The molecule has 1 saturated carbocycles. The number of carbonyl (C=O) groups excluding carboxylic acids is 2. The van der Waals surface area contributed by atoms with Crippen LogP contribution in [0.4, 0.5) is 16.2 Å². The number of carbonyl (C=O) groups is 3. The molecule has 1 aliphatic rings. The molecule has 204 valence electrons. The highest BCUT2D eigenvalue weighted by atomic mass is 79.9. The normalized spacial score (nSPS) is 13.5. The molecule has 0 saturated heterocycles. The number of carboxylic acids is 1. The van der Waals surface area contributed by atoms with Gasteiger partial charge >= 0.3 is 12.0 Å². The second-order valence-corrected chi connectivity index (χ2v) is 10.9. The highest BCUT2D eigenvalue weighted by Gasteiger charge is 2.20. The van der Waals surface area contributed by atoms with Gasteiger partial charge in [-0.05, 0) is 78.8 Å². The number of hydrogen-bond donors (Lipinski definition) is 3. The van der Waals surface area contributed by atoms with E-state index in [0.717, 1.165) is 21.3 Å². The van der Waals surface area contributed by atoms with Gasteiger partial charge in [-0.2, -0.15) is 0 Å². The minimum Gasteiger partial charge on any atom is -0.481 e. The predicted octanol–water partition coefficient (Wildman–Crippen LogP) is 7.25. The zero-order valence-corrected chi connectivity index (χ0v) is 23.7. The second kappa shape index (κ2) is 13.4. The summed E-state index contributed by atoms with van der Waals surface area (Å²) in [7, 11) is 0. The van der Waals surface area contributed by atoms with Crippen LogP contribution in [0.15, 0.2) is 71.2 Å². The number of aliphatic carboxylic acids is 1. The minimum absolute atomic E-state index is 0.0653. The third-order valence-electron chi connectivity index (χ3n) is 7.13. The van der Waals surface area contributed by atoms with Crippen molar-refractivity contribution in [1.29, 1.82) is 0 Å². The van der Waals surface area contributed by atoms with Crippen molar-refractivity contribution < 1.29 is 19.5 Å². The molecule has 0 spiro atoms. The number of nitrogens with one attached hydrogen (secondary N) is 2. The van der Waals surface area contributed by atoms with Gasteiger partial charge in [-0.15, -0.1) is 0 Å². The Kier molecular flexibility index (Phi) is 9.76. The summed E-state index contributed by atoms with van der Waals surface area (Å²) < 4.78 is 0.918. The number of aryl methyl sites for hydroxylation is 1. The molecule has 4 rings (SSSR count). The van der Waals surface area contributed by atoms with Crippen LogP contribution in [0.2, 0.25) is 0 Å². The van der Waals surface area contributed by atoms with Gasteiger partial charge in [0.15, 0.2) is 0 Å². The van der Waals surface area contributed by atoms with Crippen LogP contribution in [-0.2, 0) is 11.3 Å². The van der Waals surface area contributed by atoms with Crippen LogP contribution in [0.3, 0.4) is 0 Å². The monoisotopic (exact) mass is 591 g/mol. The molecule has 0 atom stereocenters. The Morgan fingerprint density at radius 3 is 2.28 bits per heavy atom. The van der Waals surface area contributed by atoms with E-state index in [0.29, 0.717) is 23.7 Å². The molecule has 0 bridgehead atoms. The number of benzene rings is 3. The molecule has 8 heteroatoms. The van der Waals surface area contributed by atoms with Gasteiger partial charge in [-0.3, -0.25) is 14.5 Å². The van der Waals surface area contributed by atoms with Gasteiger partial charge in [0.05, 0.1) is 13.0 Å². The zero-order chi connectivity index (χ0) is 27.8. The van der Waals surface area contributed by atoms with Gasteiger partial charge < -0.3 is 15.7 Å². The number of carboxylic acid groups (broad SMARTS) is 1. The number of rotatable bonds is 9. The van der Waals surface area contributed by atoms with Crippen molar-refractivity contribution in [2.75, 3.05) is 16.8 Å². The maximum atomic E-state index is 13.5. The fraction of sp³-hybridized carbons (Fsp3) is 0.323. The van der Waals surface area contributed by atoms with Crippen LogP contribution in [0.25, 0.3) is 0 Å². The summed E-state index contributed by atoms with van der Waals surface area (Å²) in [5, 5.41) is 14.4. The molecule has 3 aromatic rings. The number of amides is 3. The second-order valence-electron chi connectivity index (χ2n) is 10.0. The van der Waals surface area contributed by atoms with E-state index >= 15 is 0 Å². The smallest absolute Gasteiger partial charge is 0.326 e. The number of nitrogens with zero attached hydrogens (tertiary/aromatic N) is 1. The summed E-state index contributed by atoms with van der Waals surface area (Å²) in [5.74, 6) is -0.719. The first kappa shape index (κ1) is 28.4. The molecule has 39 heavy (non-hydrogen) atoms. The Hall–Kier alpha value is -3.65. The van der Waals surface area contributed by atoms with E-state index in [2.05, 4.69) is 38.7 Å². The van der Waals surface area contributed by atoms with Crippen molar-refractivity contribution in [2.45, 2.75) is 57.9 Å². The Labute approximate surface area is 237 Å². The van der Waals surface area contributed by atoms with E-state index in [9.17, 15) is 14.4 Å². The maximum absolute atomic E-state index is 13.5. The van der Waals surface area contributed by atoms with E-state index in [4.69, 9.17) is 5.11 Å².